The molecule has 0 radical (unpaired) electrons. The topological polar surface area (TPSA) is 57.7 Å². The van der Waals surface area contributed by atoms with Crippen LogP contribution >= 0.6 is 0 Å². The summed E-state index contributed by atoms with van der Waals surface area (Å²) in [5.74, 6) is 0.771. The zero-order valence-corrected chi connectivity index (χ0v) is 14.4. The minimum absolute atomic E-state index is 0.352. The monoisotopic (exact) mass is 329 g/mol. The van der Waals surface area contributed by atoms with Crippen molar-refractivity contribution in [2.45, 2.75) is 26.7 Å². The van der Waals surface area contributed by atoms with Gasteiger partial charge in [-0.05, 0) is 57.0 Å². The lowest BCUT2D eigenvalue weighted by Gasteiger charge is -2.11. The molecule has 1 heterocycles. The fourth-order valence-corrected chi connectivity index (χ4v) is 2.31. The first-order valence-corrected chi connectivity index (χ1v) is 8.04. The summed E-state index contributed by atoms with van der Waals surface area (Å²) in [7, 11) is 1.56. The highest BCUT2D eigenvalue weighted by atomic mass is 16.5. The molecule has 0 fully saturated rings. The van der Waals surface area contributed by atoms with Gasteiger partial charge in [0.15, 0.2) is 11.5 Å². The van der Waals surface area contributed by atoms with Crippen molar-refractivity contribution in [2.75, 3.05) is 20.3 Å². The highest BCUT2D eigenvalue weighted by Gasteiger charge is 2.12. The molecule has 5 nitrogen and oxygen atoms in total. The third-order valence-electron chi connectivity index (χ3n) is 3.46. The summed E-state index contributed by atoms with van der Waals surface area (Å²) in [6, 6.07) is 10.9. The lowest BCUT2D eigenvalue weighted by atomic mass is 10.2. The molecule has 1 aromatic carbocycles. The van der Waals surface area contributed by atoms with Gasteiger partial charge in [-0.1, -0.05) is 6.07 Å². The number of esters is 1. The van der Waals surface area contributed by atoms with Crippen LogP contribution < -0.4 is 9.47 Å². The SMILES string of the molecule is CCOc1cc(C(=O)OCCCc2cccc(C)n2)ccc1OC. The zero-order chi connectivity index (χ0) is 17.4. The molecule has 0 amide bonds. The average Bonchev–Trinajstić information content (AvgIpc) is 2.59. The van der Waals surface area contributed by atoms with E-state index in [2.05, 4.69) is 4.98 Å². The molecule has 0 saturated carbocycles. The Labute approximate surface area is 142 Å². The van der Waals surface area contributed by atoms with Crippen LogP contribution in [0.3, 0.4) is 0 Å². The number of aromatic nitrogens is 1. The first kappa shape index (κ1) is 17.8. The van der Waals surface area contributed by atoms with Crippen LogP contribution in [0.15, 0.2) is 36.4 Å². The maximum atomic E-state index is 12.1. The minimum atomic E-state index is -0.365. The van der Waals surface area contributed by atoms with Crippen LogP contribution in [0.4, 0.5) is 0 Å². The van der Waals surface area contributed by atoms with E-state index in [0.29, 0.717) is 30.3 Å². The van der Waals surface area contributed by atoms with Gasteiger partial charge in [0, 0.05) is 11.4 Å². The van der Waals surface area contributed by atoms with Crippen LogP contribution in [0.25, 0.3) is 0 Å². The van der Waals surface area contributed by atoms with Gasteiger partial charge in [0.05, 0.1) is 25.9 Å². The number of rotatable bonds is 8. The predicted molar refractivity (Wildman–Crippen MR) is 91.7 cm³/mol. The summed E-state index contributed by atoms with van der Waals surface area (Å²) in [5.41, 5.74) is 2.45. The maximum Gasteiger partial charge on any atom is 0.338 e. The van der Waals surface area contributed by atoms with Gasteiger partial charge in [-0.15, -0.1) is 0 Å². The summed E-state index contributed by atoms with van der Waals surface area (Å²) in [6.07, 6.45) is 1.51. The zero-order valence-electron chi connectivity index (χ0n) is 14.4. The van der Waals surface area contributed by atoms with Crippen LogP contribution in [-0.2, 0) is 11.2 Å². The molecular formula is C19H23NO4. The fourth-order valence-electron chi connectivity index (χ4n) is 2.31. The first-order chi connectivity index (χ1) is 11.6. The number of nitrogens with zero attached hydrogens (tertiary/aromatic N) is 1. The summed E-state index contributed by atoms with van der Waals surface area (Å²) in [6.45, 7) is 4.69. The van der Waals surface area contributed by atoms with E-state index in [-0.39, 0.29) is 5.97 Å². The van der Waals surface area contributed by atoms with Gasteiger partial charge in [0.25, 0.3) is 0 Å². The summed E-state index contributed by atoms with van der Waals surface area (Å²) >= 11 is 0. The van der Waals surface area contributed by atoms with Gasteiger partial charge in [-0.3, -0.25) is 4.98 Å². The van der Waals surface area contributed by atoms with E-state index in [1.165, 1.54) is 0 Å². The van der Waals surface area contributed by atoms with E-state index < -0.39 is 0 Å². The van der Waals surface area contributed by atoms with Crippen molar-refractivity contribution in [1.29, 1.82) is 0 Å². The summed E-state index contributed by atoms with van der Waals surface area (Å²) in [5, 5.41) is 0. The van der Waals surface area contributed by atoms with Crippen LogP contribution in [0, 0.1) is 6.92 Å². The average molecular weight is 329 g/mol. The molecule has 0 aliphatic rings. The predicted octanol–water partition coefficient (Wildman–Crippen LogP) is 3.59. The largest absolute Gasteiger partial charge is 0.493 e. The van der Waals surface area contributed by atoms with Crippen molar-refractivity contribution in [3.05, 3.63) is 53.3 Å². The highest BCUT2D eigenvalue weighted by molar-refractivity contribution is 5.90. The standard InChI is InChI=1S/C19H23NO4/c1-4-23-18-13-15(10-11-17(18)22-3)19(21)24-12-6-9-16-8-5-7-14(2)20-16/h5,7-8,10-11,13H,4,6,9,12H2,1-3H3. The molecule has 0 spiro atoms. The maximum absolute atomic E-state index is 12.1. The molecule has 5 heteroatoms. The van der Waals surface area contributed by atoms with E-state index in [4.69, 9.17) is 14.2 Å². The molecular weight excluding hydrogens is 306 g/mol. The minimum Gasteiger partial charge on any atom is -0.493 e. The molecule has 2 rings (SSSR count). The third kappa shape index (κ3) is 4.98. The Morgan fingerprint density at radius 3 is 2.71 bits per heavy atom. The van der Waals surface area contributed by atoms with Gasteiger partial charge in [0.1, 0.15) is 0 Å². The Morgan fingerprint density at radius 1 is 1.17 bits per heavy atom. The van der Waals surface area contributed by atoms with E-state index in [0.717, 1.165) is 24.2 Å². The molecule has 1 aromatic heterocycles. The second-order valence-electron chi connectivity index (χ2n) is 5.31. The molecule has 0 saturated heterocycles. The Balaban J connectivity index is 1.87. The Bertz CT molecular complexity index is 685. The second-order valence-corrected chi connectivity index (χ2v) is 5.31. The lowest BCUT2D eigenvalue weighted by molar-refractivity contribution is 0.0499. The van der Waals surface area contributed by atoms with Crippen molar-refractivity contribution in [2.24, 2.45) is 0 Å². The van der Waals surface area contributed by atoms with Crippen LogP contribution in [-0.4, -0.2) is 31.3 Å². The number of hydrogen-bond acceptors (Lipinski definition) is 5. The molecule has 0 bridgehead atoms. The van der Waals surface area contributed by atoms with Gasteiger partial charge in [-0.2, -0.15) is 0 Å². The normalized spacial score (nSPS) is 10.3. The van der Waals surface area contributed by atoms with Crippen molar-refractivity contribution >= 4 is 5.97 Å². The summed E-state index contributed by atoms with van der Waals surface area (Å²) < 4.78 is 16.0. The number of pyridine rings is 1. The number of carbonyl (C=O) groups is 1. The Morgan fingerprint density at radius 2 is 2.00 bits per heavy atom. The molecule has 128 valence electrons. The lowest BCUT2D eigenvalue weighted by Crippen LogP contribution is -2.08. The molecule has 0 N–H and O–H groups in total. The van der Waals surface area contributed by atoms with Crippen molar-refractivity contribution < 1.29 is 19.0 Å². The van der Waals surface area contributed by atoms with E-state index in [1.54, 1.807) is 25.3 Å². The molecule has 0 atom stereocenters. The summed E-state index contributed by atoms with van der Waals surface area (Å²) in [4.78, 5) is 16.6. The number of ether oxygens (including phenoxy) is 3. The highest BCUT2D eigenvalue weighted by Crippen LogP contribution is 2.28. The quantitative estimate of drug-likeness (QED) is 0.547. The van der Waals surface area contributed by atoms with Gasteiger partial charge in [0.2, 0.25) is 0 Å². The molecule has 24 heavy (non-hydrogen) atoms. The Kier molecular flexibility index (Phi) is 6.61. The molecule has 0 aliphatic heterocycles. The van der Waals surface area contributed by atoms with Crippen molar-refractivity contribution in [3.8, 4) is 11.5 Å². The number of hydrogen-bond donors (Lipinski definition) is 0. The van der Waals surface area contributed by atoms with Crippen molar-refractivity contribution in [3.63, 3.8) is 0 Å². The first-order valence-electron chi connectivity index (χ1n) is 8.04. The van der Waals surface area contributed by atoms with E-state index >= 15 is 0 Å². The Hall–Kier alpha value is -2.56. The van der Waals surface area contributed by atoms with E-state index in [1.807, 2.05) is 32.0 Å². The second kappa shape index (κ2) is 8.91. The molecule has 2 aromatic rings. The van der Waals surface area contributed by atoms with Gasteiger partial charge >= 0.3 is 5.97 Å². The number of benzene rings is 1. The van der Waals surface area contributed by atoms with Crippen LogP contribution in [0.5, 0.6) is 11.5 Å². The number of carbonyl (C=O) groups excluding carboxylic acids is 1. The van der Waals surface area contributed by atoms with Gasteiger partial charge in [-0.25, -0.2) is 4.79 Å². The molecule has 0 unspecified atom stereocenters. The fraction of sp³-hybridized carbons (Fsp3) is 0.368. The number of methoxy groups -OCH3 is 1. The van der Waals surface area contributed by atoms with Crippen LogP contribution in [0.1, 0.15) is 35.1 Å². The van der Waals surface area contributed by atoms with Crippen LogP contribution in [0.2, 0.25) is 0 Å². The number of aryl methyl sites for hydroxylation is 2. The molecule has 0 aliphatic carbocycles. The van der Waals surface area contributed by atoms with Gasteiger partial charge < -0.3 is 14.2 Å². The van der Waals surface area contributed by atoms with E-state index in [9.17, 15) is 4.79 Å². The third-order valence-corrected chi connectivity index (χ3v) is 3.46. The smallest absolute Gasteiger partial charge is 0.338 e. The van der Waals surface area contributed by atoms with Crippen molar-refractivity contribution in [1.82, 2.24) is 4.98 Å².